The molecule has 0 bridgehead atoms. The van der Waals surface area contributed by atoms with Gasteiger partial charge in [-0.15, -0.1) is 0 Å². The number of aromatic carboxylic acids is 1. The fraction of sp³-hybridized carbons (Fsp3) is 0.667. The Labute approximate surface area is 80.1 Å². The van der Waals surface area contributed by atoms with Gasteiger partial charge in [-0.05, 0) is 36.3 Å². The molecule has 2 aliphatic carbocycles. The number of carboxylic acids is 1. The highest BCUT2D eigenvalue weighted by atomic mass is 16.5. The van der Waals surface area contributed by atoms with Gasteiger partial charge in [0.05, 0.1) is 0 Å². The van der Waals surface area contributed by atoms with E-state index in [9.17, 15) is 4.79 Å². The molecule has 1 aromatic rings. The van der Waals surface area contributed by atoms with E-state index in [-0.39, 0.29) is 5.82 Å². The smallest absolute Gasteiger partial charge is 0.377 e. The van der Waals surface area contributed by atoms with Crippen molar-refractivity contribution in [3.8, 4) is 0 Å². The molecule has 5 nitrogen and oxygen atoms in total. The number of hydrogen-bond donors (Lipinski definition) is 1. The van der Waals surface area contributed by atoms with Gasteiger partial charge in [-0.3, -0.25) is 0 Å². The molecule has 2 saturated carbocycles. The average Bonchev–Trinajstić information content (AvgIpc) is 2.69. The van der Waals surface area contributed by atoms with Crippen molar-refractivity contribution in [3.63, 3.8) is 0 Å². The van der Waals surface area contributed by atoms with Gasteiger partial charge < -0.3 is 9.63 Å². The Morgan fingerprint density at radius 2 is 2.07 bits per heavy atom. The van der Waals surface area contributed by atoms with E-state index in [0.29, 0.717) is 11.8 Å². The van der Waals surface area contributed by atoms with Gasteiger partial charge in [-0.25, -0.2) is 4.79 Å². The van der Waals surface area contributed by atoms with Crippen LogP contribution in [-0.4, -0.2) is 21.2 Å². The lowest BCUT2D eigenvalue weighted by Crippen LogP contribution is -2.00. The monoisotopic (exact) mass is 194 g/mol. The Hall–Kier alpha value is -1.39. The quantitative estimate of drug-likeness (QED) is 0.767. The van der Waals surface area contributed by atoms with Crippen LogP contribution in [0.2, 0.25) is 0 Å². The molecule has 0 radical (unpaired) electrons. The van der Waals surface area contributed by atoms with Gasteiger partial charge in [-0.1, -0.05) is 0 Å². The number of rotatable bonds is 2. The maximum atomic E-state index is 10.5. The molecule has 1 aromatic heterocycles. The maximum absolute atomic E-state index is 10.5. The highest BCUT2D eigenvalue weighted by molar-refractivity contribution is 5.82. The van der Waals surface area contributed by atoms with Crippen LogP contribution in [0.3, 0.4) is 0 Å². The van der Waals surface area contributed by atoms with Crippen molar-refractivity contribution >= 4 is 5.97 Å². The Kier molecular flexibility index (Phi) is 1.45. The van der Waals surface area contributed by atoms with E-state index in [4.69, 9.17) is 9.63 Å². The third-order valence-corrected chi connectivity index (χ3v) is 3.23. The molecule has 3 rings (SSSR count). The fourth-order valence-electron chi connectivity index (χ4n) is 2.40. The number of nitrogens with zero attached hydrogens (tertiary/aromatic N) is 2. The first kappa shape index (κ1) is 7.96. The standard InChI is InChI=1S/C9H10N2O3/c12-9(13)7-10-8(14-11-7)6-2-4-1-5(4)3-6/h4-6H,1-3H2,(H,12,13)/t4-,5+,6?. The predicted molar refractivity (Wildman–Crippen MR) is 44.8 cm³/mol. The van der Waals surface area contributed by atoms with E-state index < -0.39 is 5.97 Å². The Balaban J connectivity index is 1.79. The minimum Gasteiger partial charge on any atom is -0.475 e. The second-order valence-electron chi connectivity index (χ2n) is 4.19. The lowest BCUT2D eigenvalue weighted by molar-refractivity contribution is 0.0680. The third kappa shape index (κ3) is 1.12. The van der Waals surface area contributed by atoms with Crippen LogP contribution >= 0.6 is 0 Å². The van der Waals surface area contributed by atoms with Gasteiger partial charge in [0.15, 0.2) is 0 Å². The molecule has 0 amide bonds. The molecule has 2 fully saturated rings. The summed E-state index contributed by atoms with van der Waals surface area (Å²) in [6.45, 7) is 0. The largest absolute Gasteiger partial charge is 0.475 e. The van der Waals surface area contributed by atoms with Crippen LogP contribution in [0.15, 0.2) is 4.52 Å². The maximum Gasteiger partial charge on any atom is 0.377 e. The number of fused-ring (bicyclic) bond motifs is 1. The van der Waals surface area contributed by atoms with Crippen LogP contribution < -0.4 is 0 Å². The van der Waals surface area contributed by atoms with Crippen molar-refractivity contribution in [3.05, 3.63) is 11.7 Å². The molecular formula is C9H10N2O3. The van der Waals surface area contributed by atoms with Gasteiger partial charge in [0.1, 0.15) is 0 Å². The third-order valence-electron chi connectivity index (χ3n) is 3.23. The lowest BCUT2D eigenvalue weighted by atomic mass is 10.0. The SMILES string of the molecule is O=C(O)c1noc(C2C[C@@H]3C[C@@H]3C2)n1. The van der Waals surface area contributed by atoms with E-state index in [2.05, 4.69) is 10.1 Å². The van der Waals surface area contributed by atoms with Crippen LogP contribution in [0.25, 0.3) is 0 Å². The number of carboxylic acid groups (broad SMARTS) is 1. The zero-order chi connectivity index (χ0) is 9.71. The highest BCUT2D eigenvalue weighted by Crippen LogP contribution is 2.57. The van der Waals surface area contributed by atoms with E-state index in [1.807, 2.05) is 0 Å². The molecule has 1 heterocycles. The topological polar surface area (TPSA) is 76.2 Å². The first-order chi connectivity index (χ1) is 6.74. The summed E-state index contributed by atoms with van der Waals surface area (Å²) in [4.78, 5) is 14.4. The molecule has 3 atom stereocenters. The van der Waals surface area contributed by atoms with E-state index in [1.165, 1.54) is 6.42 Å². The molecule has 5 heteroatoms. The zero-order valence-electron chi connectivity index (χ0n) is 7.51. The summed E-state index contributed by atoms with van der Waals surface area (Å²) in [6.07, 6.45) is 3.51. The molecule has 1 unspecified atom stereocenters. The van der Waals surface area contributed by atoms with Crippen LogP contribution in [0.5, 0.6) is 0 Å². The predicted octanol–water partition coefficient (Wildman–Crippen LogP) is 1.28. The minimum atomic E-state index is -1.12. The molecule has 0 saturated heterocycles. The normalized spacial score (nSPS) is 34.1. The van der Waals surface area contributed by atoms with Crippen LogP contribution in [-0.2, 0) is 0 Å². The summed E-state index contributed by atoms with van der Waals surface area (Å²) < 4.78 is 4.94. The Morgan fingerprint density at radius 3 is 2.64 bits per heavy atom. The summed E-state index contributed by atoms with van der Waals surface area (Å²) in [5.74, 6) is 1.14. The molecule has 1 N–H and O–H groups in total. The van der Waals surface area contributed by atoms with E-state index in [0.717, 1.165) is 24.7 Å². The number of carbonyl (C=O) groups is 1. The van der Waals surface area contributed by atoms with Crippen LogP contribution in [0.1, 0.15) is 41.7 Å². The highest BCUT2D eigenvalue weighted by Gasteiger charge is 2.47. The number of aromatic nitrogens is 2. The Bertz CT molecular complexity index is 377. The van der Waals surface area contributed by atoms with Gasteiger partial charge >= 0.3 is 5.97 Å². The molecule has 74 valence electrons. The van der Waals surface area contributed by atoms with Gasteiger partial charge in [0.2, 0.25) is 5.89 Å². The summed E-state index contributed by atoms with van der Waals surface area (Å²) >= 11 is 0. The van der Waals surface area contributed by atoms with Crippen molar-refractivity contribution < 1.29 is 14.4 Å². The first-order valence-corrected chi connectivity index (χ1v) is 4.81. The molecule has 14 heavy (non-hydrogen) atoms. The lowest BCUT2D eigenvalue weighted by Gasteiger charge is -2.03. The first-order valence-electron chi connectivity index (χ1n) is 4.81. The average molecular weight is 194 g/mol. The second kappa shape index (κ2) is 2.56. The zero-order valence-corrected chi connectivity index (χ0v) is 7.51. The van der Waals surface area contributed by atoms with Gasteiger partial charge in [0, 0.05) is 5.92 Å². The van der Waals surface area contributed by atoms with E-state index >= 15 is 0 Å². The van der Waals surface area contributed by atoms with Crippen molar-refractivity contribution in [2.75, 3.05) is 0 Å². The van der Waals surface area contributed by atoms with Gasteiger partial charge in [-0.2, -0.15) is 4.98 Å². The number of hydrogen-bond acceptors (Lipinski definition) is 4. The molecule has 2 aliphatic rings. The summed E-state index contributed by atoms with van der Waals surface area (Å²) in [6, 6.07) is 0. The summed E-state index contributed by atoms with van der Waals surface area (Å²) in [5, 5.41) is 12.0. The van der Waals surface area contributed by atoms with Gasteiger partial charge in [0.25, 0.3) is 5.82 Å². The Morgan fingerprint density at radius 1 is 1.36 bits per heavy atom. The second-order valence-corrected chi connectivity index (χ2v) is 4.19. The minimum absolute atomic E-state index is 0.222. The van der Waals surface area contributed by atoms with Crippen molar-refractivity contribution in [1.82, 2.24) is 10.1 Å². The van der Waals surface area contributed by atoms with E-state index in [1.54, 1.807) is 0 Å². The summed E-state index contributed by atoms with van der Waals surface area (Å²) in [5.41, 5.74) is 0. The van der Waals surface area contributed by atoms with Crippen molar-refractivity contribution in [2.24, 2.45) is 11.8 Å². The molecular weight excluding hydrogens is 184 g/mol. The van der Waals surface area contributed by atoms with Crippen LogP contribution in [0, 0.1) is 11.8 Å². The summed E-state index contributed by atoms with van der Waals surface area (Å²) in [7, 11) is 0. The molecule has 0 aromatic carbocycles. The molecule has 0 aliphatic heterocycles. The van der Waals surface area contributed by atoms with Crippen LogP contribution in [0.4, 0.5) is 0 Å². The molecule has 0 spiro atoms. The van der Waals surface area contributed by atoms with Crippen molar-refractivity contribution in [1.29, 1.82) is 0 Å². The van der Waals surface area contributed by atoms with Crippen molar-refractivity contribution in [2.45, 2.75) is 25.2 Å². The fourth-order valence-corrected chi connectivity index (χ4v) is 2.40.